The standard InChI is InChI=1S/C39H76NO8P/c1-3-5-7-9-11-13-15-17-18-20-22-24-26-28-30-32-39(43)46-35-37(41)36-48-49(44,45)47-34-33-40-38(42)31-29-27-25-23-21-19-16-14-12-10-8-6-4-2/h14,16,37,41H,3-13,15,17-36H2,1-2H3,(H,40,42)(H,44,45)/b16-14-. The average Bonchev–Trinajstić information content (AvgIpc) is 3.08. The lowest BCUT2D eigenvalue weighted by Gasteiger charge is -2.15. The molecule has 0 bridgehead atoms. The molecule has 0 fully saturated rings. The second-order valence-corrected chi connectivity index (χ2v) is 15.1. The number of unbranched alkanes of at least 4 members (excludes halogenated alkanes) is 23. The van der Waals surface area contributed by atoms with E-state index in [1.807, 2.05) is 0 Å². The van der Waals surface area contributed by atoms with Crippen molar-refractivity contribution in [2.45, 2.75) is 200 Å². The molecule has 0 aliphatic heterocycles. The Morgan fingerprint density at radius 1 is 0.612 bits per heavy atom. The average molecular weight is 718 g/mol. The number of allylic oxidation sites excluding steroid dienone is 2. The van der Waals surface area contributed by atoms with Crippen LogP contribution in [-0.2, 0) is 27.9 Å². The van der Waals surface area contributed by atoms with Crippen molar-refractivity contribution < 1.29 is 37.9 Å². The van der Waals surface area contributed by atoms with Crippen LogP contribution in [0.2, 0.25) is 0 Å². The number of esters is 1. The zero-order chi connectivity index (χ0) is 36.1. The van der Waals surface area contributed by atoms with E-state index in [4.69, 9.17) is 13.8 Å². The summed E-state index contributed by atoms with van der Waals surface area (Å²) in [6.45, 7) is 3.54. The minimum absolute atomic E-state index is 0.0804. The van der Waals surface area contributed by atoms with Crippen molar-refractivity contribution in [2.24, 2.45) is 0 Å². The fraction of sp³-hybridized carbons (Fsp3) is 0.897. The van der Waals surface area contributed by atoms with E-state index in [2.05, 4.69) is 31.3 Å². The number of phosphoric ester groups is 1. The monoisotopic (exact) mass is 718 g/mol. The maximum absolute atomic E-state index is 12.1. The molecule has 1 amide bonds. The third-order valence-electron chi connectivity index (χ3n) is 8.70. The Morgan fingerprint density at radius 3 is 1.55 bits per heavy atom. The third-order valence-corrected chi connectivity index (χ3v) is 9.68. The molecular weight excluding hydrogens is 641 g/mol. The fourth-order valence-corrected chi connectivity index (χ4v) is 6.37. The number of nitrogens with one attached hydrogen (secondary N) is 1. The van der Waals surface area contributed by atoms with Gasteiger partial charge in [-0.25, -0.2) is 4.57 Å². The van der Waals surface area contributed by atoms with E-state index >= 15 is 0 Å². The predicted molar refractivity (Wildman–Crippen MR) is 201 cm³/mol. The molecule has 3 N–H and O–H groups in total. The van der Waals surface area contributed by atoms with Gasteiger partial charge in [0, 0.05) is 19.4 Å². The van der Waals surface area contributed by atoms with E-state index in [9.17, 15) is 24.2 Å². The first-order valence-corrected chi connectivity index (χ1v) is 21.7. The first-order valence-electron chi connectivity index (χ1n) is 20.2. The number of carbonyl (C=O) groups is 2. The number of carbonyl (C=O) groups excluding carboxylic acids is 2. The van der Waals surface area contributed by atoms with Gasteiger partial charge in [0.1, 0.15) is 12.7 Å². The Labute approximate surface area is 300 Å². The topological polar surface area (TPSA) is 131 Å². The molecule has 0 aromatic rings. The van der Waals surface area contributed by atoms with Crippen LogP contribution in [-0.4, -0.2) is 54.3 Å². The molecule has 10 heteroatoms. The summed E-state index contributed by atoms with van der Waals surface area (Å²) in [5.41, 5.74) is 0. The van der Waals surface area contributed by atoms with E-state index in [0.29, 0.717) is 6.42 Å². The fourth-order valence-electron chi connectivity index (χ4n) is 5.61. The molecule has 0 aromatic heterocycles. The molecular formula is C39H76NO8P. The highest BCUT2D eigenvalue weighted by atomic mass is 31.2. The maximum Gasteiger partial charge on any atom is 0.472 e. The molecule has 0 spiro atoms. The van der Waals surface area contributed by atoms with Crippen LogP contribution < -0.4 is 5.32 Å². The quantitative estimate of drug-likeness (QED) is 0.0249. The van der Waals surface area contributed by atoms with Crippen LogP contribution in [0.15, 0.2) is 12.2 Å². The van der Waals surface area contributed by atoms with Crippen LogP contribution in [0.5, 0.6) is 0 Å². The van der Waals surface area contributed by atoms with Crippen molar-refractivity contribution in [1.82, 2.24) is 5.32 Å². The highest BCUT2D eigenvalue weighted by Crippen LogP contribution is 2.42. The number of hydrogen-bond donors (Lipinski definition) is 3. The molecule has 0 saturated heterocycles. The van der Waals surface area contributed by atoms with Crippen molar-refractivity contribution in [3.05, 3.63) is 12.2 Å². The number of rotatable bonds is 38. The lowest BCUT2D eigenvalue weighted by atomic mass is 10.0. The summed E-state index contributed by atoms with van der Waals surface area (Å²) >= 11 is 0. The molecule has 2 unspecified atom stereocenters. The Kier molecular flexibility index (Phi) is 35.6. The molecule has 0 saturated carbocycles. The largest absolute Gasteiger partial charge is 0.472 e. The van der Waals surface area contributed by atoms with Crippen LogP contribution >= 0.6 is 7.82 Å². The van der Waals surface area contributed by atoms with Crippen LogP contribution in [0.3, 0.4) is 0 Å². The minimum atomic E-state index is -4.41. The van der Waals surface area contributed by atoms with Gasteiger partial charge in [-0.15, -0.1) is 0 Å². The normalized spacial score (nSPS) is 13.5. The Bertz CT molecular complexity index is 825. The van der Waals surface area contributed by atoms with Gasteiger partial charge in [0.2, 0.25) is 5.91 Å². The summed E-state index contributed by atoms with van der Waals surface area (Å²) in [5, 5.41) is 12.7. The second kappa shape index (κ2) is 36.5. The van der Waals surface area contributed by atoms with Gasteiger partial charge in [-0.05, 0) is 38.5 Å². The van der Waals surface area contributed by atoms with Gasteiger partial charge in [-0.2, -0.15) is 0 Å². The lowest BCUT2D eigenvalue weighted by molar-refractivity contribution is -0.147. The Morgan fingerprint density at radius 2 is 1.04 bits per heavy atom. The van der Waals surface area contributed by atoms with Gasteiger partial charge in [0.15, 0.2) is 0 Å². The SMILES string of the molecule is CCCCCC/C=C\CCCCCCCC(=O)NCCOP(=O)(O)OCC(O)COC(=O)CCCCCCCCCCCCCCCCC. The second-order valence-electron chi connectivity index (χ2n) is 13.6. The smallest absolute Gasteiger partial charge is 0.463 e. The third kappa shape index (κ3) is 37.8. The first kappa shape index (κ1) is 47.8. The van der Waals surface area contributed by atoms with Crippen LogP contribution in [0.25, 0.3) is 0 Å². The van der Waals surface area contributed by atoms with Crippen molar-refractivity contribution in [3.8, 4) is 0 Å². The molecule has 0 aliphatic carbocycles. The highest BCUT2D eigenvalue weighted by Gasteiger charge is 2.23. The molecule has 0 heterocycles. The summed E-state index contributed by atoms with van der Waals surface area (Å²) in [4.78, 5) is 33.8. The summed E-state index contributed by atoms with van der Waals surface area (Å²) in [7, 11) is -4.41. The van der Waals surface area contributed by atoms with Gasteiger partial charge in [0.05, 0.1) is 13.2 Å². The summed E-state index contributed by atoms with van der Waals surface area (Å²) < 4.78 is 26.8. The van der Waals surface area contributed by atoms with Gasteiger partial charge < -0.3 is 20.1 Å². The summed E-state index contributed by atoms with van der Waals surface area (Å²) in [5.74, 6) is -0.519. The van der Waals surface area contributed by atoms with E-state index in [-0.39, 0.29) is 32.1 Å². The number of aliphatic hydroxyl groups is 1. The van der Waals surface area contributed by atoms with E-state index in [1.54, 1.807) is 0 Å². The molecule has 0 aromatic carbocycles. The number of hydrogen-bond acceptors (Lipinski definition) is 7. The van der Waals surface area contributed by atoms with Crippen molar-refractivity contribution in [3.63, 3.8) is 0 Å². The predicted octanol–water partition coefficient (Wildman–Crippen LogP) is 10.7. The van der Waals surface area contributed by atoms with Gasteiger partial charge in [-0.1, -0.05) is 154 Å². The van der Waals surface area contributed by atoms with E-state index < -0.39 is 26.5 Å². The molecule has 0 aliphatic rings. The molecule has 0 rings (SSSR count). The van der Waals surface area contributed by atoms with Crippen molar-refractivity contribution >= 4 is 19.7 Å². The van der Waals surface area contributed by atoms with Crippen LogP contribution in [0, 0.1) is 0 Å². The zero-order valence-electron chi connectivity index (χ0n) is 31.7. The lowest BCUT2D eigenvalue weighted by Crippen LogP contribution is -2.27. The van der Waals surface area contributed by atoms with Gasteiger partial charge in [0.25, 0.3) is 0 Å². The number of aliphatic hydroxyl groups excluding tert-OH is 1. The zero-order valence-corrected chi connectivity index (χ0v) is 32.5. The summed E-state index contributed by atoms with van der Waals surface area (Å²) in [6, 6.07) is 0. The minimum Gasteiger partial charge on any atom is -0.463 e. The molecule has 290 valence electrons. The molecule has 49 heavy (non-hydrogen) atoms. The molecule has 9 nitrogen and oxygen atoms in total. The summed E-state index contributed by atoms with van der Waals surface area (Å²) in [6.07, 6.45) is 35.6. The van der Waals surface area contributed by atoms with Crippen molar-refractivity contribution in [2.75, 3.05) is 26.4 Å². The van der Waals surface area contributed by atoms with E-state index in [0.717, 1.165) is 51.4 Å². The number of phosphoric acid groups is 1. The molecule has 2 atom stereocenters. The number of ether oxygens (including phenoxy) is 1. The Hall–Kier alpha value is -1.25. The van der Waals surface area contributed by atoms with E-state index in [1.165, 1.54) is 116 Å². The van der Waals surface area contributed by atoms with Gasteiger partial charge >= 0.3 is 13.8 Å². The molecule has 0 radical (unpaired) electrons. The maximum atomic E-state index is 12.1. The first-order chi connectivity index (χ1) is 23.8. The number of amides is 1. The highest BCUT2D eigenvalue weighted by molar-refractivity contribution is 7.47. The van der Waals surface area contributed by atoms with Crippen LogP contribution in [0.1, 0.15) is 194 Å². The van der Waals surface area contributed by atoms with Crippen molar-refractivity contribution in [1.29, 1.82) is 0 Å². The van der Waals surface area contributed by atoms with Crippen LogP contribution in [0.4, 0.5) is 0 Å². The Balaban J connectivity index is 3.60. The van der Waals surface area contributed by atoms with Gasteiger partial charge in [-0.3, -0.25) is 18.6 Å².